The SMILES string of the molecule is C[Si](C)(OCCCCCCO)c1ccccc1. The predicted octanol–water partition coefficient (Wildman–Crippen LogP) is 2.67. The van der Waals surface area contributed by atoms with Crippen LogP contribution in [0.2, 0.25) is 13.1 Å². The Kier molecular flexibility index (Phi) is 6.48. The first-order valence-corrected chi connectivity index (χ1v) is 9.38. The summed E-state index contributed by atoms with van der Waals surface area (Å²) in [5.41, 5.74) is 0. The van der Waals surface area contributed by atoms with Gasteiger partial charge in [-0.25, -0.2) is 0 Å². The fraction of sp³-hybridized carbons (Fsp3) is 0.571. The number of aliphatic hydroxyl groups excluding tert-OH is 1. The third kappa shape index (κ3) is 5.48. The van der Waals surface area contributed by atoms with Crippen molar-refractivity contribution in [1.82, 2.24) is 0 Å². The lowest BCUT2D eigenvalue weighted by Crippen LogP contribution is -2.44. The Morgan fingerprint density at radius 1 is 1.00 bits per heavy atom. The molecule has 1 rings (SSSR count). The van der Waals surface area contributed by atoms with Gasteiger partial charge < -0.3 is 9.53 Å². The summed E-state index contributed by atoms with van der Waals surface area (Å²) in [6.45, 7) is 5.65. The molecule has 17 heavy (non-hydrogen) atoms. The molecule has 0 aliphatic heterocycles. The highest BCUT2D eigenvalue weighted by Gasteiger charge is 2.24. The molecule has 1 aromatic rings. The van der Waals surface area contributed by atoms with Gasteiger partial charge in [-0.2, -0.15) is 0 Å². The van der Waals surface area contributed by atoms with Gasteiger partial charge in [-0.05, 0) is 31.1 Å². The number of hydrogen-bond acceptors (Lipinski definition) is 2. The summed E-state index contributed by atoms with van der Waals surface area (Å²) in [5.74, 6) is 0. The van der Waals surface area contributed by atoms with Crippen molar-refractivity contribution < 1.29 is 9.53 Å². The van der Waals surface area contributed by atoms with Gasteiger partial charge in [0.25, 0.3) is 0 Å². The van der Waals surface area contributed by atoms with Gasteiger partial charge >= 0.3 is 0 Å². The van der Waals surface area contributed by atoms with Crippen LogP contribution < -0.4 is 5.19 Å². The molecule has 0 atom stereocenters. The third-order valence-corrected chi connectivity index (χ3v) is 5.63. The second-order valence-electron chi connectivity index (χ2n) is 4.86. The Morgan fingerprint density at radius 2 is 1.65 bits per heavy atom. The Bertz CT molecular complexity index is 298. The summed E-state index contributed by atoms with van der Waals surface area (Å²) < 4.78 is 6.07. The topological polar surface area (TPSA) is 29.5 Å². The van der Waals surface area contributed by atoms with Crippen molar-refractivity contribution in [1.29, 1.82) is 0 Å². The molecule has 0 unspecified atom stereocenters. The molecule has 0 amide bonds. The van der Waals surface area contributed by atoms with Crippen LogP contribution in [-0.2, 0) is 4.43 Å². The van der Waals surface area contributed by atoms with E-state index in [1.165, 1.54) is 5.19 Å². The molecule has 0 radical (unpaired) electrons. The van der Waals surface area contributed by atoms with Gasteiger partial charge in [0.15, 0.2) is 0 Å². The van der Waals surface area contributed by atoms with Crippen molar-refractivity contribution in [2.24, 2.45) is 0 Å². The van der Waals surface area contributed by atoms with E-state index < -0.39 is 8.32 Å². The molecule has 0 aliphatic carbocycles. The van der Waals surface area contributed by atoms with E-state index in [1.54, 1.807) is 0 Å². The summed E-state index contributed by atoms with van der Waals surface area (Å²) in [4.78, 5) is 0. The van der Waals surface area contributed by atoms with Crippen LogP contribution in [0.3, 0.4) is 0 Å². The van der Waals surface area contributed by atoms with E-state index in [0.717, 1.165) is 32.3 Å². The van der Waals surface area contributed by atoms with Gasteiger partial charge in [0.2, 0.25) is 8.32 Å². The van der Waals surface area contributed by atoms with Crippen molar-refractivity contribution >= 4 is 13.5 Å². The number of hydrogen-bond donors (Lipinski definition) is 1. The highest BCUT2D eigenvalue weighted by Crippen LogP contribution is 2.07. The zero-order chi connectivity index (χ0) is 12.6. The van der Waals surface area contributed by atoms with Crippen LogP contribution >= 0.6 is 0 Å². The van der Waals surface area contributed by atoms with Crippen molar-refractivity contribution in [3.05, 3.63) is 30.3 Å². The molecule has 1 aromatic carbocycles. The van der Waals surface area contributed by atoms with Crippen molar-refractivity contribution in [3.8, 4) is 0 Å². The van der Waals surface area contributed by atoms with Crippen LogP contribution in [0.5, 0.6) is 0 Å². The highest BCUT2D eigenvalue weighted by molar-refractivity contribution is 6.84. The number of unbranched alkanes of at least 4 members (excludes halogenated alkanes) is 3. The Hall–Kier alpha value is -0.643. The van der Waals surface area contributed by atoms with E-state index in [1.807, 2.05) is 6.07 Å². The van der Waals surface area contributed by atoms with Gasteiger partial charge in [-0.15, -0.1) is 0 Å². The summed E-state index contributed by atoms with van der Waals surface area (Å²) in [5, 5.41) is 10.0. The van der Waals surface area contributed by atoms with Crippen molar-refractivity contribution in [3.63, 3.8) is 0 Å². The molecular formula is C14H24O2Si. The average Bonchev–Trinajstić information content (AvgIpc) is 2.35. The summed E-state index contributed by atoms with van der Waals surface area (Å²) in [7, 11) is -1.70. The lowest BCUT2D eigenvalue weighted by atomic mass is 10.2. The maximum atomic E-state index is 8.68. The molecule has 0 spiro atoms. The second kappa shape index (κ2) is 7.64. The largest absolute Gasteiger partial charge is 0.413 e. The molecule has 0 fully saturated rings. The summed E-state index contributed by atoms with van der Waals surface area (Å²) in [6, 6.07) is 10.5. The molecule has 0 saturated carbocycles. The van der Waals surface area contributed by atoms with Crippen LogP contribution in [0.15, 0.2) is 30.3 Å². The zero-order valence-corrected chi connectivity index (χ0v) is 12.0. The first kappa shape index (κ1) is 14.4. The Morgan fingerprint density at radius 3 is 2.29 bits per heavy atom. The van der Waals surface area contributed by atoms with Crippen LogP contribution in [0.4, 0.5) is 0 Å². The Balaban J connectivity index is 2.26. The quantitative estimate of drug-likeness (QED) is 0.569. The fourth-order valence-electron chi connectivity index (χ4n) is 1.82. The van der Waals surface area contributed by atoms with E-state index in [2.05, 4.69) is 37.4 Å². The van der Waals surface area contributed by atoms with Gasteiger partial charge in [0.05, 0.1) is 0 Å². The van der Waals surface area contributed by atoms with E-state index >= 15 is 0 Å². The maximum absolute atomic E-state index is 8.68. The Labute approximate surface area is 106 Å². The minimum atomic E-state index is -1.70. The van der Waals surface area contributed by atoms with Crippen molar-refractivity contribution in [2.45, 2.75) is 38.8 Å². The number of aliphatic hydroxyl groups is 1. The smallest absolute Gasteiger partial charge is 0.218 e. The van der Waals surface area contributed by atoms with Gasteiger partial charge in [0.1, 0.15) is 0 Å². The molecule has 0 aromatic heterocycles. The van der Waals surface area contributed by atoms with Crippen molar-refractivity contribution in [2.75, 3.05) is 13.2 Å². The van der Waals surface area contributed by atoms with Gasteiger partial charge in [-0.3, -0.25) is 0 Å². The van der Waals surface area contributed by atoms with E-state index in [4.69, 9.17) is 9.53 Å². The van der Waals surface area contributed by atoms with Crippen LogP contribution in [0.25, 0.3) is 0 Å². The monoisotopic (exact) mass is 252 g/mol. The van der Waals surface area contributed by atoms with E-state index in [9.17, 15) is 0 Å². The fourth-order valence-corrected chi connectivity index (χ4v) is 3.63. The van der Waals surface area contributed by atoms with Crippen LogP contribution in [-0.4, -0.2) is 26.6 Å². The lowest BCUT2D eigenvalue weighted by Gasteiger charge is -2.23. The number of benzene rings is 1. The van der Waals surface area contributed by atoms with Crippen LogP contribution in [0.1, 0.15) is 25.7 Å². The first-order chi connectivity index (χ1) is 8.17. The molecular weight excluding hydrogens is 228 g/mol. The third-order valence-electron chi connectivity index (χ3n) is 2.98. The summed E-state index contributed by atoms with van der Waals surface area (Å²) >= 11 is 0. The van der Waals surface area contributed by atoms with Gasteiger partial charge in [-0.1, -0.05) is 43.2 Å². The summed E-state index contributed by atoms with van der Waals surface area (Å²) in [6.07, 6.45) is 4.27. The number of rotatable bonds is 8. The molecule has 0 saturated heterocycles. The minimum absolute atomic E-state index is 0.311. The lowest BCUT2D eigenvalue weighted by molar-refractivity contribution is 0.272. The molecule has 2 nitrogen and oxygen atoms in total. The second-order valence-corrected chi connectivity index (χ2v) is 8.75. The predicted molar refractivity (Wildman–Crippen MR) is 75.1 cm³/mol. The molecule has 1 N–H and O–H groups in total. The molecule has 0 bridgehead atoms. The van der Waals surface area contributed by atoms with Crippen LogP contribution in [0, 0.1) is 0 Å². The van der Waals surface area contributed by atoms with Gasteiger partial charge in [0, 0.05) is 13.2 Å². The highest BCUT2D eigenvalue weighted by atomic mass is 28.4. The zero-order valence-electron chi connectivity index (χ0n) is 11.0. The van der Waals surface area contributed by atoms with E-state index in [0.29, 0.717) is 6.61 Å². The molecule has 96 valence electrons. The normalized spacial score (nSPS) is 11.7. The average molecular weight is 252 g/mol. The van der Waals surface area contributed by atoms with E-state index in [-0.39, 0.29) is 0 Å². The first-order valence-electron chi connectivity index (χ1n) is 6.47. The minimum Gasteiger partial charge on any atom is -0.413 e. The maximum Gasteiger partial charge on any atom is 0.218 e. The molecule has 3 heteroatoms. The standard InChI is InChI=1S/C14H24O2Si/c1-17(2,14-10-6-5-7-11-14)16-13-9-4-3-8-12-15/h5-7,10-11,15H,3-4,8-9,12-13H2,1-2H3. The molecule has 0 heterocycles. The molecule has 0 aliphatic rings.